The molecule has 0 radical (unpaired) electrons. The predicted molar refractivity (Wildman–Crippen MR) is 196 cm³/mol. The largest absolute Gasteiger partial charge is 0.446 e. The standard InChI is InChI=1S/C41H48N4O4S/c1-30(32-9-3-2-4-10-32)43-41(46)49-40-15-7-12-34(40)25-33-11-5-6-14-39(33)35-13-8-24-44(29-35)26-31-27-45(28-31)36-16-18-37(19-17-36)50(47,48)38-20-22-42-23-21-38/h2-6,9-11,14,16-23,30-31,34-35,40H,7-8,12-13,15,24-29H2,1H3,(H,43,46)/t30-,34-,35?,40+/m0/s1. The van der Waals surface area contributed by atoms with Gasteiger partial charge in [0.1, 0.15) is 6.10 Å². The number of piperidine rings is 1. The summed E-state index contributed by atoms with van der Waals surface area (Å²) in [7, 11) is -3.55. The van der Waals surface area contributed by atoms with Crippen LogP contribution in [0.1, 0.15) is 67.7 Å². The number of rotatable bonds is 11. The number of pyridine rings is 1. The molecular weight excluding hydrogens is 645 g/mol. The highest BCUT2D eigenvalue weighted by Crippen LogP contribution is 2.36. The molecule has 2 saturated heterocycles. The molecule has 3 aromatic carbocycles. The minimum atomic E-state index is -3.55. The molecule has 3 fully saturated rings. The van der Waals surface area contributed by atoms with E-state index in [-0.39, 0.29) is 23.1 Å². The third-order valence-electron chi connectivity index (χ3n) is 10.9. The molecule has 2 aliphatic heterocycles. The Morgan fingerprint density at radius 1 is 0.860 bits per heavy atom. The van der Waals surface area contributed by atoms with Gasteiger partial charge in [0.25, 0.3) is 0 Å². The maximum absolute atomic E-state index is 13.0. The molecule has 4 atom stereocenters. The average molecular weight is 693 g/mol. The predicted octanol–water partition coefficient (Wildman–Crippen LogP) is 7.43. The van der Waals surface area contributed by atoms with Gasteiger partial charge in [0.05, 0.1) is 15.8 Å². The van der Waals surface area contributed by atoms with Gasteiger partial charge in [-0.25, -0.2) is 13.2 Å². The number of anilines is 1. The number of hydrogen-bond donors (Lipinski definition) is 1. The first-order valence-electron chi connectivity index (χ1n) is 18.2. The van der Waals surface area contributed by atoms with Crippen LogP contribution < -0.4 is 10.2 Å². The molecule has 0 spiro atoms. The van der Waals surface area contributed by atoms with Crippen LogP contribution in [0.15, 0.2) is 113 Å². The van der Waals surface area contributed by atoms with Crippen LogP contribution >= 0.6 is 0 Å². The van der Waals surface area contributed by atoms with Crippen LogP contribution in [0, 0.1) is 11.8 Å². The molecule has 3 aliphatic rings. The smallest absolute Gasteiger partial charge is 0.407 e. The van der Waals surface area contributed by atoms with Gasteiger partial charge >= 0.3 is 6.09 Å². The summed E-state index contributed by atoms with van der Waals surface area (Å²) in [5.41, 5.74) is 5.00. The molecule has 9 heteroatoms. The summed E-state index contributed by atoms with van der Waals surface area (Å²) in [6.45, 7) is 7.24. The molecule has 1 aliphatic carbocycles. The third-order valence-corrected chi connectivity index (χ3v) is 12.7. The van der Waals surface area contributed by atoms with E-state index in [2.05, 4.69) is 44.4 Å². The van der Waals surface area contributed by atoms with Crippen molar-refractivity contribution in [2.24, 2.45) is 11.8 Å². The van der Waals surface area contributed by atoms with Crippen molar-refractivity contribution in [1.29, 1.82) is 0 Å². The zero-order valence-corrected chi connectivity index (χ0v) is 29.7. The zero-order chi connectivity index (χ0) is 34.5. The molecule has 0 bridgehead atoms. The zero-order valence-electron chi connectivity index (χ0n) is 28.9. The highest BCUT2D eigenvalue weighted by Gasteiger charge is 2.34. The lowest BCUT2D eigenvalue weighted by atomic mass is 9.83. The number of nitrogens with one attached hydrogen (secondary N) is 1. The van der Waals surface area contributed by atoms with E-state index in [1.807, 2.05) is 49.4 Å². The fourth-order valence-electron chi connectivity index (χ4n) is 8.19. The Morgan fingerprint density at radius 2 is 1.58 bits per heavy atom. The van der Waals surface area contributed by atoms with E-state index in [9.17, 15) is 13.2 Å². The number of alkyl carbamates (subject to hydrolysis) is 1. The number of aromatic nitrogens is 1. The molecule has 1 aromatic heterocycles. The number of carbonyl (C=O) groups excluding carboxylic acids is 1. The fourth-order valence-corrected chi connectivity index (χ4v) is 9.44. The molecule has 8 nitrogen and oxygen atoms in total. The Balaban J connectivity index is 0.911. The number of likely N-dealkylation sites (tertiary alicyclic amines) is 1. The number of ether oxygens (including phenoxy) is 1. The number of carbonyl (C=O) groups is 1. The van der Waals surface area contributed by atoms with Crippen LogP contribution in [0.2, 0.25) is 0 Å². The molecular formula is C41H48N4O4S. The minimum absolute atomic E-state index is 0.0579. The maximum atomic E-state index is 13.0. The number of amides is 1. The van der Waals surface area contributed by atoms with Crippen molar-refractivity contribution >= 4 is 21.6 Å². The van der Waals surface area contributed by atoms with E-state index in [0.717, 1.165) is 69.7 Å². The summed E-state index contributed by atoms with van der Waals surface area (Å²) < 4.78 is 32.0. The van der Waals surface area contributed by atoms with Crippen molar-refractivity contribution in [1.82, 2.24) is 15.2 Å². The van der Waals surface area contributed by atoms with Gasteiger partial charge in [0.15, 0.2) is 0 Å². The molecule has 1 saturated carbocycles. The van der Waals surface area contributed by atoms with E-state index in [4.69, 9.17) is 4.74 Å². The number of nitrogens with zero attached hydrogens (tertiary/aromatic N) is 3. The van der Waals surface area contributed by atoms with E-state index in [0.29, 0.717) is 22.6 Å². The van der Waals surface area contributed by atoms with Gasteiger partial charge in [-0.2, -0.15) is 0 Å². The van der Waals surface area contributed by atoms with Gasteiger partial charge in [-0.3, -0.25) is 4.98 Å². The Labute approximate surface area is 296 Å². The van der Waals surface area contributed by atoms with Crippen molar-refractivity contribution in [3.63, 3.8) is 0 Å². The van der Waals surface area contributed by atoms with E-state index < -0.39 is 9.84 Å². The molecule has 4 aromatic rings. The van der Waals surface area contributed by atoms with Crippen LogP contribution in [0.5, 0.6) is 0 Å². The van der Waals surface area contributed by atoms with Gasteiger partial charge in [-0.15, -0.1) is 0 Å². The van der Waals surface area contributed by atoms with Crippen LogP contribution in [0.3, 0.4) is 0 Å². The van der Waals surface area contributed by atoms with Gasteiger partial charge in [0, 0.05) is 56.1 Å². The van der Waals surface area contributed by atoms with Gasteiger partial charge in [-0.1, -0.05) is 54.6 Å². The third kappa shape index (κ3) is 7.89. The van der Waals surface area contributed by atoms with Gasteiger partial charge in [0.2, 0.25) is 9.84 Å². The lowest BCUT2D eigenvalue weighted by Gasteiger charge is -2.45. The maximum Gasteiger partial charge on any atom is 0.407 e. The molecule has 1 N–H and O–H groups in total. The summed E-state index contributed by atoms with van der Waals surface area (Å²) in [6, 6.07) is 29.2. The SMILES string of the molecule is C[C@H](NC(=O)O[C@@H]1CCC[C@H]1Cc1ccccc1C1CCCN(CC2CN(c3ccc(S(=O)(=O)c4ccncc4)cc3)C2)C1)c1ccccc1. The van der Waals surface area contributed by atoms with Crippen molar-refractivity contribution in [2.75, 3.05) is 37.6 Å². The first-order chi connectivity index (χ1) is 24.3. The van der Waals surface area contributed by atoms with Crippen molar-refractivity contribution in [3.05, 3.63) is 120 Å². The van der Waals surface area contributed by atoms with E-state index in [1.54, 1.807) is 12.1 Å². The molecule has 50 heavy (non-hydrogen) atoms. The van der Waals surface area contributed by atoms with Crippen molar-refractivity contribution in [2.45, 2.75) is 73.3 Å². The Morgan fingerprint density at radius 3 is 2.36 bits per heavy atom. The molecule has 7 rings (SSSR count). The highest BCUT2D eigenvalue weighted by molar-refractivity contribution is 7.91. The topological polar surface area (TPSA) is 91.8 Å². The summed E-state index contributed by atoms with van der Waals surface area (Å²) in [5.74, 6) is 1.43. The molecule has 3 heterocycles. The number of benzene rings is 3. The second-order valence-electron chi connectivity index (χ2n) is 14.4. The second-order valence-corrected chi connectivity index (χ2v) is 16.3. The molecule has 262 valence electrons. The van der Waals surface area contributed by atoms with Crippen molar-refractivity contribution < 1.29 is 17.9 Å². The normalized spacial score (nSPS) is 22.1. The first-order valence-corrected chi connectivity index (χ1v) is 19.6. The lowest BCUT2D eigenvalue weighted by molar-refractivity contribution is 0.0733. The first kappa shape index (κ1) is 34.2. The van der Waals surface area contributed by atoms with Gasteiger partial charge in [-0.05, 0) is 111 Å². The average Bonchev–Trinajstić information content (AvgIpc) is 3.56. The summed E-state index contributed by atoms with van der Waals surface area (Å²) in [5, 5.41) is 3.03. The fraction of sp³-hybridized carbons (Fsp3) is 0.415. The second kappa shape index (κ2) is 15.4. The Kier molecular flexibility index (Phi) is 10.5. The quantitative estimate of drug-likeness (QED) is 0.175. The Hall–Kier alpha value is -4.21. The lowest BCUT2D eigenvalue weighted by Crippen LogP contribution is -2.52. The molecule has 1 amide bonds. The summed E-state index contributed by atoms with van der Waals surface area (Å²) in [6.07, 6.45) is 9.05. The number of hydrogen-bond acceptors (Lipinski definition) is 7. The summed E-state index contributed by atoms with van der Waals surface area (Å²) in [4.78, 5) is 22.4. The number of sulfone groups is 1. The summed E-state index contributed by atoms with van der Waals surface area (Å²) >= 11 is 0. The van der Waals surface area contributed by atoms with E-state index in [1.165, 1.54) is 48.5 Å². The van der Waals surface area contributed by atoms with E-state index >= 15 is 0 Å². The van der Waals surface area contributed by atoms with Crippen LogP contribution in [0.25, 0.3) is 0 Å². The monoisotopic (exact) mass is 692 g/mol. The van der Waals surface area contributed by atoms with Crippen LogP contribution in [-0.4, -0.2) is 63.2 Å². The van der Waals surface area contributed by atoms with Crippen LogP contribution in [0.4, 0.5) is 10.5 Å². The highest BCUT2D eigenvalue weighted by atomic mass is 32.2. The minimum Gasteiger partial charge on any atom is -0.446 e. The Bertz CT molecular complexity index is 1830. The van der Waals surface area contributed by atoms with Crippen LogP contribution in [-0.2, 0) is 21.0 Å². The van der Waals surface area contributed by atoms with Gasteiger partial charge < -0.3 is 19.9 Å². The van der Waals surface area contributed by atoms with Crippen molar-refractivity contribution in [3.8, 4) is 0 Å². The molecule has 1 unspecified atom stereocenters.